The van der Waals surface area contributed by atoms with E-state index in [4.69, 9.17) is 9.47 Å². The Morgan fingerprint density at radius 3 is 2.17 bits per heavy atom. The van der Waals surface area contributed by atoms with Gasteiger partial charge >= 0.3 is 0 Å². The molecule has 186 valence electrons. The molecule has 0 aromatic heterocycles. The van der Waals surface area contributed by atoms with Gasteiger partial charge in [-0.1, -0.05) is 31.9 Å². The molecule has 3 aromatic carbocycles. The van der Waals surface area contributed by atoms with E-state index in [1.807, 2.05) is 0 Å². The first-order valence-corrected chi connectivity index (χ1v) is 11.9. The van der Waals surface area contributed by atoms with E-state index in [9.17, 15) is 19.1 Å². The van der Waals surface area contributed by atoms with Crippen molar-refractivity contribution in [2.75, 3.05) is 18.6 Å². The summed E-state index contributed by atoms with van der Waals surface area (Å²) in [6, 6.07) is 18.0. The Hall–Kier alpha value is -4.13. The lowest BCUT2D eigenvalue weighted by Gasteiger charge is -2.25. The number of benzene rings is 3. The van der Waals surface area contributed by atoms with Crippen LogP contribution in [0.2, 0.25) is 0 Å². The van der Waals surface area contributed by atoms with Gasteiger partial charge in [0.05, 0.1) is 25.3 Å². The molecule has 7 heteroatoms. The topological polar surface area (TPSA) is 76.1 Å². The summed E-state index contributed by atoms with van der Waals surface area (Å²) >= 11 is 0. The summed E-state index contributed by atoms with van der Waals surface area (Å²) in [6.07, 6.45) is 3.13. The molecule has 1 heterocycles. The summed E-state index contributed by atoms with van der Waals surface area (Å²) in [4.78, 5) is 27.7. The lowest BCUT2D eigenvalue weighted by atomic mass is 9.95. The maximum Gasteiger partial charge on any atom is 0.300 e. The van der Waals surface area contributed by atoms with Gasteiger partial charge in [0.2, 0.25) is 0 Å². The number of Topliss-reactive ketones (excluding diaryl/α,β-unsaturated/α-hetero) is 1. The number of hydrogen-bond donors (Lipinski definition) is 1. The Labute approximate surface area is 209 Å². The maximum absolute atomic E-state index is 13.7. The number of hydrogen-bond acceptors (Lipinski definition) is 5. The van der Waals surface area contributed by atoms with E-state index in [0.29, 0.717) is 34.9 Å². The van der Waals surface area contributed by atoms with Crippen molar-refractivity contribution >= 4 is 23.1 Å². The van der Waals surface area contributed by atoms with Crippen LogP contribution < -0.4 is 14.4 Å². The monoisotopic (exact) mass is 489 g/mol. The zero-order valence-corrected chi connectivity index (χ0v) is 20.2. The number of rotatable bonds is 9. The second-order valence-corrected chi connectivity index (χ2v) is 8.50. The van der Waals surface area contributed by atoms with Gasteiger partial charge in [0.1, 0.15) is 23.1 Å². The molecule has 1 unspecified atom stereocenters. The number of carbonyl (C=O) groups is 2. The maximum atomic E-state index is 13.7. The van der Waals surface area contributed by atoms with Gasteiger partial charge < -0.3 is 14.6 Å². The highest BCUT2D eigenvalue weighted by Crippen LogP contribution is 2.42. The molecule has 4 rings (SSSR count). The van der Waals surface area contributed by atoms with E-state index in [1.165, 1.54) is 36.3 Å². The first kappa shape index (κ1) is 25.0. The minimum Gasteiger partial charge on any atom is -0.507 e. The number of aliphatic hydroxyl groups is 1. The minimum atomic E-state index is -0.941. The summed E-state index contributed by atoms with van der Waals surface area (Å²) in [6.45, 7) is 2.71. The van der Waals surface area contributed by atoms with Gasteiger partial charge in [-0.25, -0.2) is 4.39 Å². The van der Waals surface area contributed by atoms with Crippen molar-refractivity contribution < 1.29 is 28.6 Å². The Kier molecular flexibility index (Phi) is 7.68. The molecular formula is C29H28FNO5. The van der Waals surface area contributed by atoms with Gasteiger partial charge in [-0.05, 0) is 72.6 Å². The van der Waals surface area contributed by atoms with Gasteiger partial charge in [0.15, 0.2) is 0 Å². The normalized spacial score (nSPS) is 16.9. The zero-order chi connectivity index (χ0) is 25.7. The van der Waals surface area contributed by atoms with E-state index in [-0.39, 0.29) is 11.3 Å². The van der Waals surface area contributed by atoms with E-state index in [0.717, 1.165) is 19.3 Å². The van der Waals surface area contributed by atoms with Crippen LogP contribution in [0.3, 0.4) is 0 Å². The minimum absolute atomic E-state index is 0.0703. The lowest BCUT2D eigenvalue weighted by Crippen LogP contribution is -2.29. The molecule has 1 fully saturated rings. The van der Waals surface area contributed by atoms with Crippen LogP contribution in [-0.2, 0) is 9.59 Å². The first-order chi connectivity index (χ1) is 17.4. The van der Waals surface area contributed by atoms with Crippen molar-refractivity contribution in [3.8, 4) is 11.5 Å². The molecule has 1 saturated heterocycles. The second-order valence-electron chi connectivity index (χ2n) is 8.50. The Balaban J connectivity index is 1.74. The van der Waals surface area contributed by atoms with E-state index < -0.39 is 23.5 Å². The molecular weight excluding hydrogens is 461 g/mol. The fraction of sp³-hybridized carbons (Fsp3) is 0.241. The molecule has 0 radical (unpaired) electrons. The van der Waals surface area contributed by atoms with E-state index >= 15 is 0 Å². The number of unbranched alkanes of at least 4 members (excludes halogenated alkanes) is 2. The van der Waals surface area contributed by atoms with E-state index in [1.54, 1.807) is 48.5 Å². The van der Waals surface area contributed by atoms with Crippen LogP contribution in [0.25, 0.3) is 5.76 Å². The smallest absolute Gasteiger partial charge is 0.300 e. The van der Waals surface area contributed by atoms with Crippen molar-refractivity contribution in [3.63, 3.8) is 0 Å². The molecule has 1 N–H and O–H groups in total. The fourth-order valence-electron chi connectivity index (χ4n) is 4.21. The number of carbonyl (C=O) groups excluding carboxylic acids is 2. The first-order valence-electron chi connectivity index (χ1n) is 11.9. The Bertz CT molecular complexity index is 1250. The molecule has 3 aromatic rings. The quantitative estimate of drug-likeness (QED) is 0.172. The number of ketones is 1. The number of ether oxygens (including phenoxy) is 2. The summed E-state index contributed by atoms with van der Waals surface area (Å²) in [5.41, 5.74) is 1.24. The van der Waals surface area contributed by atoms with Crippen LogP contribution in [0.15, 0.2) is 78.4 Å². The third-order valence-corrected chi connectivity index (χ3v) is 6.13. The molecule has 0 aliphatic carbocycles. The number of methoxy groups -OCH3 is 1. The van der Waals surface area contributed by atoms with Gasteiger partial charge in [-0.15, -0.1) is 0 Å². The standard InChI is InChI=1S/C29H28FNO5/c1-3-4-5-18-36-24-14-8-20(9-15-24)27(32)25-26(19-6-10-21(30)11-7-19)31(29(34)28(25)33)22-12-16-23(35-2)17-13-22/h6-17,26,32H,3-5,18H2,1-2H3/b27-25+. The van der Waals surface area contributed by atoms with Crippen LogP contribution in [0.4, 0.5) is 10.1 Å². The average Bonchev–Trinajstić information content (AvgIpc) is 3.17. The molecule has 1 amide bonds. The summed E-state index contributed by atoms with van der Waals surface area (Å²) in [5, 5.41) is 11.2. The summed E-state index contributed by atoms with van der Waals surface area (Å²) in [5.74, 6) is -1.13. The molecule has 1 atom stereocenters. The zero-order valence-electron chi connectivity index (χ0n) is 20.2. The van der Waals surface area contributed by atoms with Gasteiger partial charge in [-0.3, -0.25) is 14.5 Å². The van der Waals surface area contributed by atoms with Crippen molar-refractivity contribution in [2.24, 2.45) is 0 Å². The number of anilines is 1. The molecule has 1 aliphatic heterocycles. The summed E-state index contributed by atoms with van der Waals surface area (Å²) in [7, 11) is 1.53. The van der Waals surface area contributed by atoms with E-state index in [2.05, 4.69) is 6.92 Å². The highest BCUT2D eigenvalue weighted by Gasteiger charge is 2.47. The fourth-order valence-corrected chi connectivity index (χ4v) is 4.21. The Morgan fingerprint density at radius 2 is 1.56 bits per heavy atom. The highest BCUT2D eigenvalue weighted by molar-refractivity contribution is 6.51. The third kappa shape index (κ3) is 5.10. The molecule has 0 bridgehead atoms. The molecule has 0 spiro atoms. The van der Waals surface area contributed by atoms with Crippen LogP contribution >= 0.6 is 0 Å². The van der Waals surface area contributed by atoms with Crippen LogP contribution in [0.1, 0.15) is 43.4 Å². The number of aliphatic hydroxyl groups excluding tert-OH is 1. The third-order valence-electron chi connectivity index (χ3n) is 6.13. The molecule has 0 saturated carbocycles. The van der Waals surface area contributed by atoms with Crippen LogP contribution in [0, 0.1) is 5.82 Å². The van der Waals surface area contributed by atoms with Crippen LogP contribution in [0.5, 0.6) is 11.5 Å². The SMILES string of the molecule is CCCCCOc1ccc(/C(O)=C2\C(=O)C(=O)N(c3ccc(OC)cc3)C2c2ccc(F)cc2)cc1. The van der Waals surface area contributed by atoms with Gasteiger partial charge in [0.25, 0.3) is 11.7 Å². The van der Waals surface area contributed by atoms with Crippen LogP contribution in [-0.4, -0.2) is 30.5 Å². The average molecular weight is 490 g/mol. The van der Waals surface area contributed by atoms with Crippen molar-refractivity contribution in [2.45, 2.75) is 32.2 Å². The lowest BCUT2D eigenvalue weighted by molar-refractivity contribution is -0.132. The van der Waals surface area contributed by atoms with Crippen molar-refractivity contribution in [1.29, 1.82) is 0 Å². The van der Waals surface area contributed by atoms with Crippen molar-refractivity contribution in [1.82, 2.24) is 0 Å². The second kappa shape index (κ2) is 11.1. The predicted molar refractivity (Wildman–Crippen MR) is 136 cm³/mol. The number of nitrogens with zero attached hydrogens (tertiary/aromatic N) is 1. The Morgan fingerprint density at radius 1 is 0.917 bits per heavy atom. The van der Waals surface area contributed by atoms with Gasteiger partial charge in [-0.2, -0.15) is 0 Å². The number of halogens is 1. The highest BCUT2D eigenvalue weighted by atomic mass is 19.1. The van der Waals surface area contributed by atoms with Crippen molar-refractivity contribution in [3.05, 3.63) is 95.3 Å². The van der Waals surface area contributed by atoms with Gasteiger partial charge in [0, 0.05) is 11.3 Å². The molecule has 36 heavy (non-hydrogen) atoms. The molecule has 6 nitrogen and oxygen atoms in total. The number of amides is 1. The summed E-state index contributed by atoms with van der Waals surface area (Å²) < 4.78 is 24.6. The molecule has 1 aliphatic rings. The largest absolute Gasteiger partial charge is 0.507 e. The predicted octanol–water partition coefficient (Wildman–Crippen LogP) is 6.03.